The summed E-state index contributed by atoms with van der Waals surface area (Å²) >= 11 is 8.47. The molecule has 0 unspecified atom stereocenters. The van der Waals surface area contributed by atoms with Crippen LogP contribution in [0.2, 0.25) is 0 Å². The quantitative estimate of drug-likeness (QED) is 0.762. The molecule has 102 valence electrons. The molecule has 0 aliphatic heterocycles. The molecule has 0 atom stereocenters. The van der Waals surface area contributed by atoms with Crippen molar-refractivity contribution in [3.63, 3.8) is 0 Å². The Balaban J connectivity index is 2.18. The van der Waals surface area contributed by atoms with E-state index in [2.05, 4.69) is 56.6 Å². The minimum atomic E-state index is 0.868. The van der Waals surface area contributed by atoms with Gasteiger partial charge < -0.3 is 5.32 Å². The van der Waals surface area contributed by atoms with Crippen LogP contribution >= 0.6 is 50.8 Å². The van der Waals surface area contributed by atoms with E-state index in [9.17, 15) is 0 Å². The summed E-state index contributed by atoms with van der Waals surface area (Å²) in [5.41, 5.74) is 1.28. The van der Waals surface area contributed by atoms with Crippen LogP contribution < -0.4 is 5.32 Å². The lowest BCUT2D eigenvalue weighted by atomic mass is 10.2. The van der Waals surface area contributed by atoms with Gasteiger partial charge in [-0.3, -0.25) is 0 Å². The zero-order valence-electron chi connectivity index (χ0n) is 10.6. The lowest BCUT2D eigenvalue weighted by Crippen LogP contribution is -2.12. The number of aromatic nitrogens is 2. The highest BCUT2D eigenvalue weighted by Gasteiger charge is 2.09. The SMILES string of the molecule is CCNCc1cc(Br)ccc1Sc1nnc(SC)s1. The van der Waals surface area contributed by atoms with Crippen LogP contribution in [0.5, 0.6) is 0 Å². The average Bonchev–Trinajstić information content (AvgIpc) is 2.86. The second-order valence-electron chi connectivity index (χ2n) is 3.67. The third-order valence-electron chi connectivity index (χ3n) is 2.35. The molecule has 2 rings (SSSR count). The maximum atomic E-state index is 4.20. The minimum absolute atomic E-state index is 0.868. The standard InChI is InChI=1S/C12H14BrN3S3/c1-3-14-7-8-6-9(13)4-5-10(8)18-12-16-15-11(17-2)19-12/h4-6,14H,3,7H2,1-2H3. The van der Waals surface area contributed by atoms with Crippen LogP contribution in [0.1, 0.15) is 12.5 Å². The van der Waals surface area contributed by atoms with E-state index in [1.165, 1.54) is 10.5 Å². The number of benzene rings is 1. The third-order valence-corrected chi connectivity index (χ3v) is 5.91. The average molecular weight is 376 g/mol. The zero-order chi connectivity index (χ0) is 13.7. The van der Waals surface area contributed by atoms with Crippen LogP contribution in [0, 0.1) is 0 Å². The van der Waals surface area contributed by atoms with E-state index in [1.807, 2.05) is 6.26 Å². The van der Waals surface area contributed by atoms with Crippen LogP contribution in [0.25, 0.3) is 0 Å². The molecule has 1 heterocycles. The van der Waals surface area contributed by atoms with Gasteiger partial charge in [-0.05, 0) is 36.6 Å². The molecule has 2 aromatic rings. The third kappa shape index (κ3) is 4.46. The van der Waals surface area contributed by atoms with Crippen molar-refractivity contribution in [2.45, 2.75) is 27.0 Å². The number of rotatable bonds is 6. The first-order valence-corrected chi connectivity index (χ1v) is 9.42. The highest BCUT2D eigenvalue weighted by atomic mass is 79.9. The Morgan fingerprint density at radius 3 is 2.79 bits per heavy atom. The molecule has 0 aliphatic rings. The molecule has 0 amide bonds. The first kappa shape index (κ1) is 15.3. The van der Waals surface area contributed by atoms with E-state index in [-0.39, 0.29) is 0 Å². The number of nitrogens with zero attached hydrogens (tertiary/aromatic N) is 2. The van der Waals surface area contributed by atoms with Gasteiger partial charge in [-0.2, -0.15) is 0 Å². The van der Waals surface area contributed by atoms with Crippen molar-refractivity contribution >= 4 is 50.8 Å². The van der Waals surface area contributed by atoms with Gasteiger partial charge in [0.05, 0.1) is 0 Å². The molecule has 7 heteroatoms. The normalized spacial score (nSPS) is 10.9. The van der Waals surface area contributed by atoms with Crippen molar-refractivity contribution in [3.8, 4) is 0 Å². The summed E-state index contributed by atoms with van der Waals surface area (Å²) < 4.78 is 3.10. The molecule has 0 spiro atoms. The molecule has 0 fully saturated rings. The molecule has 0 aliphatic carbocycles. The van der Waals surface area contributed by atoms with Crippen LogP contribution in [-0.2, 0) is 6.54 Å². The minimum Gasteiger partial charge on any atom is -0.313 e. The van der Waals surface area contributed by atoms with Gasteiger partial charge in [0.2, 0.25) is 0 Å². The Hall–Kier alpha value is -0.0800. The molecule has 0 saturated carbocycles. The Kier molecular flexibility index (Phi) is 6.15. The molecular formula is C12H14BrN3S3. The number of hydrogen-bond donors (Lipinski definition) is 1. The zero-order valence-corrected chi connectivity index (χ0v) is 14.7. The van der Waals surface area contributed by atoms with E-state index in [1.54, 1.807) is 34.9 Å². The predicted octanol–water partition coefficient (Wildman–Crippen LogP) is 4.28. The predicted molar refractivity (Wildman–Crippen MR) is 87.3 cm³/mol. The molecule has 19 heavy (non-hydrogen) atoms. The summed E-state index contributed by atoms with van der Waals surface area (Å²) in [4.78, 5) is 1.23. The Bertz CT molecular complexity index is 545. The summed E-state index contributed by atoms with van der Waals surface area (Å²) in [5.74, 6) is 0. The molecule has 0 bridgehead atoms. The van der Waals surface area contributed by atoms with Crippen molar-refractivity contribution in [1.29, 1.82) is 0 Å². The van der Waals surface area contributed by atoms with Gasteiger partial charge in [0.1, 0.15) is 0 Å². The van der Waals surface area contributed by atoms with E-state index < -0.39 is 0 Å². The first-order valence-electron chi connectivity index (χ1n) is 5.77. The summed E-state index contributed by atoms with van der Waals surface area (Å²) in [6.45, 7) is 3.94. The fourth-order valence-corrected chi connectivity index (χ4v) is 4.37. The largest absolute Gasteiger partial charge is 0.313 e. The van der Waals surface area contributed by atoms with Gasteiger partial charge in [-0.1, -0.05) is 57.7 Å². The number of halogens is 1. The summed E-state index contributed by atoms with van der Waals surface area (Å²) in [5, 5.41) is 11.7. The molecule has 0 radical (unpaired) electrons. The number of thioether (sulfide) groups is 1. The highest BCUT2D eigenvalue weighted by molar-refractivity contribution is 9.10. The van der Waals surface area contributed by atoms with Crippen molar-refractivity contribution in [2.24, 2.45) is 0 Å². The van der Waals surface area contributed by atoms with Gasteiger partial charge in [0, 0.05) is 15.9 Å². The van der Waals surface area contributed by atoms with Gasteiger partial charge in [-0.15, -0.1) is 10.2 Å². The van der Waals surface area contributed by atoms with Crippen LogP contribution in [0.15, 0.2) is 36.2 Å². The summed E-state index contributed by atoms with van der Waals surface area (Å²) in [7, 11) is 0. The monoisotopic (exact) mass is 375 g/mol. The molecule has 1 aromatic heterocycles. The van der Waals surface area contributed by atoms with E-state index >= 15 is 0 Å². The van der Waals surface area contributed by atoms with Crippen molar-refractivity contribution < 1.29 is 0 Å². The van der Waals surface area contributed by atoms with E-state index in [0.717, 1.165) is 26.2 Å². The maximum absolute atomic E-state index is 4.20. The van der Waals surface area contributed by atoms with Crippen molar-refractivity contribution in [1.82, 2.24) is 15.5 Å². The maximum Gasteiger partial charge on any atom is 0.179 e. The van der Waals surface area contributed by atoms with Gasteiger partial charge in [-0.25, -0.2) is 0 Å². The molecular weight excluding hydrogens is 362 g/mol. The van der Waals surface area contributed by atoms with Gasteiger partial charge in [0.25, 0.3) is 0 Å². The Morgan fingerprint density at radius 2 is 2.11 bits per heavy atom. The van der Waals surface area contributed by atoms with Crippen LogP contribution in [0.4, 0.5) is 0 Å². The molecule has 3 nitrogen and oxygen atoms in total. The Morgan fingerprint density at radius 1 is 1.32 bits per heavy atom. The lowest BCUT2D eigenvalue weighted by molar-refractivity contribution is 0.717. The first-order chi connectivity index (χ1) is 9.22. The summed E-state index contributed by atoms with van der Waals surface area (Å²) in [6.07, 6.45) is 2.02. The smallest absolute Gasteiger partial charge is 0.179 e. The fourth-order valence-electron chi connectivity index (χ4n) is 1.46. The van der Waals surface area contributed by atoms with E-state index in [4.69, 9.17) is 0 Å². The number of nitrogens with one attached hydrogen (secondary N) is 1. The van der Waals surface area contributed by atoms with Gasteiger partial charge in [0.15, 0.2) is 8.68 Å². The van der Waals surface area contributed by atoms with E-state index in [0.29, 0.717) is 0 Å². The second-order valence-corrected chi connectivity index (χ2v) is 7.91. The molecule has 0 saturated heterocycles. The second kappa shape index (κ2) is 7.64. The molecule has 1 aromatic carbocycles. The Labute approximate surface area is 134 Å². The summed E-state index contributed by atoms with van der Waals surface area (Å²) in [6, 6.07) is 6.34. The van der Waals surface area contributed by atoms with Crippen LogP contribution in [-0.4, -0.2) is 23.0 Å². The fraction of sp³-hybridized carbons (Fsp3) is 0.333. The number of hydrogen-bond acceptors (Lipinski definition) is 6. The van der Waals surface area contributed by atoms with Crippen molar-refractivity contribution in [3.05, 3.63) is 28.2 Å². The molecule has 1 N–H and O–H groups in total. The highest BCUT2D eigenvalue weighted by Crippen LogP contribution is 2.35. The van der Waals surface area contributed by atoms with Crippen molar-refractivity contribution in [2.75, 3.05) is 12.8 Å². The van der Waals surface area contributed by atoms with Crippen LogP contribution in [0.3, 0.4) is 0 Å². The van der Waals surface area contributed by atoms with Gasteiger partial charge >= 0.3 is 0 Å². The topological polar surface area (TPSA) is 37.8 Å². The lowest BCUT2D eigenvalue weighted by Gasteiger charge is -2.08.